The van der Waals surface area contributed by atoms with Crippen LogP contribution in [0.25, 0.3) is 0 Å². The Bertz CT molecular complexity index is 750. The molecule has 2 aromatic rings. The Labute approximate surface area is 155 Å². The van der Waals surface area contributed by atoms with E-state index in [0.717, 1.165) is 37.5 Å². The Morgan fingerprint density at radius 3 is 2.58 bits per heavy atom. The highest BCUT2D eigenvalue weighted by molar-refractivity contribution is 5.92. The second-order valence-electron chi connectivity index (χ2n) is 6.82. The van der Waals surface area contributed by atoms with Gasteiger partial charge in [-0.15, -0.1) is 0 Å². The van der Waals surface area contributed by atoms with Gasteiger partial charge in [0.2, 0.25) is 0 Å². The fraction of sp³-hybridized carbons (Fsp3) is 0.381. The van der Waals surface area contributed by atoms with Crippen molar-refractivity contribution in [3.8, 4) is 5.75 Å². The second kappa shape index (κ2) is 8.23. The van der Waals surface area contributed by atoms with E-state index < -0.39 is 0 Å². The number of hydrogen-bond acceptors (Lipinski definition) is 3. The van der Waals surface area contributed by atoms with Crippen LogP contribution >= 0.6 is 0 Å². The van der Waals surface area contributed by atoms with Crippen LogP contribution in [0.5, 0.6) is 5.75 Å². The van der Waals surface area contributed by atoms with Gasteiger partial charge in [0.15, 0.2) is 5.96 Å². The summed E-state index contributed by atoms with van der Waals surface area (Å²) in [6.45, 7) is 4.17. The Kier molecular flexibility index (Phi) is 5.78. The molecule has 0 bridgehead atoms. The highest BCUT2D eigenvalue weighted by Crippen LogP contribution is 2.36. The van der Waals surface area contributed by atoms with Crippen LogP contribution in [0.15, 0.2) is 53.5 Å². The normalized spacial score (nSPS) is 16.9. The molecule has 1 heterocycles. The first-order valence-corrected chi connectivity index (χ1v) is 8.97. The zero-order valence-electron chi connectivity index (χ0n) is 15.5. The fourth-order valence-electron chi connectivity index (χ4n) is 3.39. The minimum absolute atomic E-state index is 0.0522. The standard InChI is InChI=1S/C21H27N3O2/c1-16-4-3-5-18(14-16)24-20(22)23-15-21(10-12-26-13-11-21)17-6-8-19(25-2)9-7-17/h3-9,14H,10-13,15H2,1-2H3,(H3,22,23,24). The van der Waals surface area contributed by atoms with Crippen molar-refractivity contribution in [2.75, 3.05) is 32.2 Å². The maximum Gasteiger partial charge on any atom is 0.193 e. The number of nitrogens with two attached hydrogens (primary N) is 1. The maximum absolute atomic E-state index is 6.14. The number of ether oxygens (including phenoxy) is 2. The van der Waals surface area contributed by atoms with Gasteiger partial charge in [0.05, 0.1) is 13.7 Å². The topological polar surface area (TPSA) is 68.9 Å². The van der Waals surface area contributed by atoms with Crippen LogP contribution in [0, 0.1) is 6.92 Å². The zero-order chi connectivity index (χ0) is 18.4. The molecular formula is C21H27N3O2. The molecule has 1 saturated heterocycles. The van der Waals surface area contributed by atoms with E-state index in [1.165, 1.54) is 11.1 Å². The summed E-state index contributed by atoms with van der Waals surface area (Å²) in [6.07, 6.45) is 1.86. The van der Waals surface area contributed by atoms with Gasteiger partial charge in [0, 0.05) is 24.3 Å². The Balaban J connectivity index is 1.77. The predicted molar refractivity (Wildman–Crippen MR) is 106 cm³/mol. The van der Waals surface area contributed by atoms with Gasteiger partial charge in [0.1, 0.15) is 5.75 Å². The fourth-order valence-corrected chi connectivity index (χ4v) is 3.39. The first-order valence-electron chi connectivity index (χ1n) is 8.97. The highest BCUT2D eigenvalue weighted by Gasteiger charge is 2.34. The van der Waals surface area contributed by atoms with Gasteiger partial charge in [-0.05, 0) is 55.2 Å². The lowest BCUT2D eigenvalue weighted by atomic mass is 9.74. The van der Waals surface area contributed by atoms with Gasteiger partial charge in [-0.3, -0.25) is 4.99 Å². The number of anilines is 1. The van der Waals surface area contributed by atoms with E-state index in [2.05, 4.69) is 41.5 Å². The lowest BCUT2D eigenvalue weighted by molar-refractivity contribution is 0.0531. The van der Waals surface area contributed by atoms with Crippen LogP contribution in [0.4, 0.5) is 5.69 Å². The van der Waals surface area contributed by atoms with Gasteiger partial charge < -0.3 is 20.5 Å². The molecule has 2 aromatic carbocycles. The lowest BCUT2D eigenvalue weighted by Gasteiger charge is -2.36. The molecule has 5 nitrogen and oxygen atoms in total. The maximum atomic E-state index is 6.14. The molecule has 0 aromatic heterocycles. The monoisotopic (exact) mass is 353 g/mol. The van der Waals surface area contributed by atoms with E-state index >= 15 is 0 Å². The smallest absolute Gasteiger partial charge is 0.193 e. The number of aryl methyl sites for hydroxylation is 1. The molecule has 0 saturated carbocycles. The van der Waals surface area contributed by atoms with E-state index in [4.69, 9.17) is 15.2 Å². The number of guanidine groups is 1. The molecule has 0 spiro atoms. The van der Waals surface area contributed by atoms with E-state index in [-0.39, 0.29) is 5.41 Å². The van der Waals surface area contributed by atoms with Gasteiger partial charge >= 0.3 is 0 Å². The SMILES string of the molecule is COc1ccc(C2(CN=C(N)Nc3cccc(C)c3)CCOCC2)cc1. The van der Waals surface area contributed by atoms with Crippen LogP contribution in [0.2, 0.25) is 0 Å². The molecule has 0 amide bonds. The van der Waals surface area contributed by atoms with Crippen molar-refractivity contribution < 1.29 is 9.47 Å². The molecule has 3 N–H and O–H groups in total. The molecule has 5 heteroatoms. The third kappa shape index (κ3) is 4.35. The summed E-state index contributed by atoms with van der Waals surface area (Å²) in [4.78, 5) is 4.66. The van der Waals surface area contributed by atoms with Crippen LogP contribution < -0.4 is 15.8 Å². The quantitative estimate of drug-likeness (QED) is 0.638. The Hall–Kier alpha value is -2.53. The van der Waals surface area contributed by atoms with E-state index in [0.29, 0.717) is 12.5 Å². The van der Waals surface area contributed by atoms with Gasteiger partial charge in [-0.1, -0.05) is 24.3 Å². The number of benzene rings is 2. The average molecular weight is 353 g/mol. The minimum Gasteiger partial charge on any atom is -0.497 e. The summed E-state index contributed by atoms with van der Waals surface area (Å²) < 4.78 is 10.9. The van der Waals surface area contributed by atoms with Crippen molar-refractivity contribution in [1.82, 2.24) is 0 Å². The van der Waals surface area contributed by atoms with E-state index in [9.17, 15) is 0 Å². The van der Waals surface area contributed by atoms with Crippen molar-refractivity contribution in [3.05, 3.63) is 59.7 Å². The summed E-state index contributed by atoms with van der Waals surface area (Å²) in [5, 5.41) is 3.19. The minimum atomic E-state index is -0.0522. The van der Waals surface area contributed by atoms with Gasteiger partial charge in [0.25, 0.3) is 0 Å². The average Bonchev–Trinajstić information content (AvgIpc) is 2.67. The summed E-state index contributed by atoms with van der Waals surface area (Å²) in [5.41, 5.74) is 9.49. The lowest BCUT2D eigenvalue weighted by Crippen LogP contribution is -2.38. The van der Waals surface area contributed by atoms with Crippen LogP contribution in [0.1, 0.15) is 24.0 Å². The van der Waals surface area contributed by atoms with Crippen molar-refractivity contribution in [3.63, 3.8) is 0 Å². The molecule has 0 atom stereocenters. The number of nitrogens with zero attached hydrogens (tertiary/aromatic N) is 1. The van der Waals surface area contributed by atoms with Crippen LogP contribution in [0.3, 0.4) is 0 Å². The number of rotatable bonds is 5. The predicted octanol–water partition coefficient (Wildman–Crippen LogP) is 3.48. The molecule has 0 radical (unpaired) electrons. The van der Waals surface area contributed by atoms with Crippen molar-refractivity contribution >= 4 is 11.6 Å². The molecule has 138 valence electrons. The van der Waals surface area contributed by atoms with Gasteiger partial charge in [-0.2, -0.15) is 0 Å². The number of methoxy groups -OCH3 is 1. The summed E-state index contributed by atoms with van der Waals surface area (Å²) in [6, 6.07) is 16.4. The Morgan fingerprint density at radius 1 is 1.19 bits per heavy atom. The third-order valence-corrected chi connectivity index (χ3v) is 4.99. The van der Waals surface area contributed by atoms with Crippen molar-refractivity contribution in [1.29, 1.82) is 0 Å². The summed E-state index contributed by atoms with van der Waals surface area (Å²) in [5.74, 6) is 1.30. The molecule has 1 aliphatic rings. The number of aliphatic imine (C=N–C) groups is 1. The molecular weight excluding hydrogens is 326 g/mol. The van der Waals surface area contributed by atoms with E-state index in [1.54, 1.807) is 7.11 Å². The summed E-state index contributed by atoms with van der Waals surface area (Å²) >= 11 is 0. The second-order valence-corrected chi connectivity index (χ2v) is 6.82. The van der Waals surface area contributed by atoms with E-state index in [1.807, 2.05) is 24.3 Å². The molecule has 1 fully saturated rings. The van der Waals surface area contributed by atoms with Crippen LogP contribution in [-0.4, -0.2) is 32.8 Å². The molecule has 0 unspecified atom stereocenters. The van der Waals surface area contributed by atoms with Crippen LogP contribution in [-0.2, 0) is 10.2 Å². The highest BCUT2D eigenvalue weighted by atomic mass is 16.5. The first kappa shape index (κ1) is 18.3. The molecule has 26 heavy (non-hydrogen) atoms. The summed E-state index contributed by atoms with van der Waals surface area (Å²) in [7, 11) is 1.68. The van der Waals surface area contributed by atoms with Crippen molar-refractivity contribution in [2.45, 2.75) is 25.2 Å². The largest absolute Gasteiger partial charge is 0.497 e. The zero-order valence-corrected chi connectivity index (χ0v) is 15.5. The van der Waals surface area contributed by atoms with Gasteiger partial charge in [-0.25, -0.2) is 0 Å². The first-order chi connectivity index (χ1) is 12.6. The molecule has 3 rings (SSSR count). The third-order valence-electron chi connectivity index (χ3n) is 4.99. The number of nitrogens with one attached hydrogen (secondary N) is 1. The Morgan fingerprint density at radius 2 is 1.92 bits per heavy atom. The molecule has 1 aliphatic heterocycles. The molecule has 0 aliphatic carbocycles. The van der Waals surface area contributed by atoms with Crippen molar-refractivity contribution in [2.24, 2.45) is 10.7 Å². The number of hydrogen-bond donors (Lipinski definition) is 2.